The number of amides is 2. The molecular formula is C20H24N2O4S. The lowest BCUT2D eigenvalue weighted by Crippen LogP contribution is -2.42. The zero-order chi connectivity index (χ0) is 20.0. The maximum absolute atomic E-state index is 12.9. The molecule has 0 aliphatic carbocycles. The molecule has 0 saturated carbocycles. The molecule has 0 heterocycles. The molecular weight excluding hydrogens is 364 g/mol. The average molecular weight is 388 g/mol. The van der Waals surface area contributed by atoms with Crippen LogP contribution < -0.4 is 5.32 Å². The highest BCUT2D eigenvalue weighted by Crippen LogP contribution is 2.18. The van der Waals surface area contributed by atoms with E-state index in [1.54, 1.807) is 29.2 Å². The predicted octanol–water partition coefficient (Wildman–Crippen LogP) is 2.43. The number of likely N-dealkylation sites (N-methyl/N-ethyl adjacent to an activating group) is 1. The molecule has 0 aliphatic rings. The van der Waals surface area contributed by atoms with Crippen LogP contribution in [0.1, 0.15) is 35.8 Å². The molecule has 1 N–H and O–H groups in total. The van der Waals surface area contributed by atoms with Crippen molar-refractivity contribution in [1.82, 2.24) is 10.2 Å². The van der Waals surface area contributed by atoms with Gasteiger partial charge < -0.3 is 10.2 Å². The fourth-order valence-corrected chi connectivity index (χ4v) is 3.40. The number of sulfone groups is 1. The molecule has 2 aromatic rings. The third-order valence-corrected chi connectivity index (χ3v) is 5.37. The molecule has 0 aliphatic heterocycles. The quantitative estimate of drug-likeness (QED) is 0.790. The Bertz CT molecular complexity index is 907. The Kier molecular flexibility index (Phi) is 6.74. The lowest BCUT2D eigenvalue weighted by Gasteiger charge is -2.26. The molecule has 144 valence electrons. The van der Waals surface area contributed by atoms with E-state index in [4.69, 9.17) is 0 Å². The number of benzene rings is 2. The summed E-state index contributed by atoms with van der Waals surface area (Å²) in [5, 5.41) is 2.75. The van der Waals surface area contributed by atoms with Gasteiger partial charge in [0.2, 0.25) is 5.91 Å². The number of rotatable bonds is 7. The van der Waals surface area contributed by atoms with Gasteiger partial charge in [-0.05, 0) is 37.6 Å². The number of hydrogen-bond acceptors (Lipinski definition) is 4. The van der Waals surface area contributed by atoms with E-state index in [0.29, 0.717) is 18.7 Å². The highest BCUT2D eigenvalue weighted by Gasteiger charge is 2.26. The van der Waals surface area contributed by atoms with Crippen LogP contribution in [0.4, 0.5) is 0 Å². The topological polar surface area (TPSA) is 83.6 Å². The van der Waals surface area contributed by atoms with Crippen molar-refractivity contribution in [1.29, 1.82) is 0 Å². The minimum absolute atomic E-state index is 0.0569. The Hall–Kier alpha value is -2.67. The third kappa shape index (κ3) is 5.17. The number of hydrogen-bond donors (Lipinski definition) is 1. The second-order valence-electron chi connectivity index (χ2n) is 6.13. The van der Waals surface area contributed by atoms with Crippen molar-refractivity contribution in [3.63, 3.8) is 0 Å². The standard InChI is InChI=1S/C20H24N2O4S/c1-4-22(5-2)20(24)18(15-10-7-6-8-11-15)21-19(23)16-12-9-13-17(14-16)27(3,25)26/h6-14,18H,4-5H2,1-3H3,(H,21,23)/t18-/m0/s1. The molecule has 0 radical (unpaired) electrons. The molecule has 7 heteroatoms. The Morgan fingerprint density at radius 3 is 2.19 bits per heavy atom. The second-order valence-corrected chi connectivity index (χ2v) is 8.14. The largest absolute Gasteiger partial charge is 0.341 e. The van der Waals surface area contributed by atoms with Crippen LogP contribution in [0.15, 0.2) is 59.5 Å². The molecule has 6 nitrogen and oxygen atoms in total. The van der Waals surface area contributed by atoms with Crippen LogP contribution in [-0.4, -0.2) is 44.5 Å². The average Bonchev–Trinajstić information content (AvgIpc) is 2.67. The predicted molar refractivity (Wildman–Crippen MR) is 104 cm³/mol. The van der Waals surface area contributed by atoms with Crippen LogP contribution >= 0.6 is 0 Å². The third-order valence-electron chi connectivity index (χ3n) is 4.25. The van der Waals surface area contributed by atoms with Crippen molar-refractivity contribution in [2.45, 2.75) is 24.8 Å². The van der Waals surface area contributed by atoms with E-state index in [1.807, 2.05) is 19.9 Å². The van der Waals surface area contributed by atoms with Gasteiger partial charge in [0.1, 0.15) is 6.04 Å². The lowest BCUT2D eigenvalue weighted by molar-refractivity contribution is -0.133. The maximum atomic E-state index is 12.9. The van der Waals surface area contributed by atoms with Crippen molar-refractivity contribution in [3.05, 3.63) is 65.7 Å². The van der Waals surface area contributed by atoms with Gasteiger partial charge >= 0.3 is 0 Å². The van der Waals surface area contributed by atoms with Crippen LogP contribution in [0.25, 0.3) is 0 Å². The van der Waals surface area contributed by atoms with Gasteiger partial charge in [-0.3, -0.25) is 9.59 Å². The monoisotopic (exact) mass is 388 g/mol. The fraction of sp³-hybridized carbons (Fsp3) is 0.300. The first-order valence-electron chi connectivity index (χ1n) is 8.72. The van der Waals surface area contributed by atoms with Gasteiger partial charge in [-0.2, -0.15) is 0 Å². The molecule has 0 spiro atoms. The number of carbonyl (C=O) groups is 2. The van der Waals surface area contributed by atoms with Crippen LogP contribution in [-0.2, 0) is 14.6 Å². The lowest BCUT2D eigenvalue weighted by atomic mass is 10.0. The molecule has 0 bridgehead atoms. The van der Waals surface area contributed by atoms with E-state index in [1.165, 1.54) is 24.3 Å². The minimum atomic E-state index is -3.43. The van der Waals surface area contributed by atoms with E-state index >= 15 is 0 Å². The summed E-state index contributed by atoms with van der Waals surface area (Å²) in [4.78, 5) is 27.3. The molecule has 1 atom stereocenters. The van der Waals surface area contributed by atoms with Crippen LogP contribution in [0.5, 0.6) is 0 Å². The molecule has 2 amide bonds. The molecule has 2 rings (SSSR count). The summed E-state index contributed by atoms with van der Waals surface area (Å²) in [5.41, 5.74) is 0.855. The van der Waals surface area contributed by atoms with Gasteiger partial charge in [0.15, 0.2) is 9.84 Å². The summed E-state index contributed by atoms with van der Waals surface area (Å²) in [5.74, 6) is -0.714. The first-order chi connectivity index (χ1) is 12.8. The smallest absolute Gasteiger partial charge is 0.252 e. The van der Waals surface area contributed by atoms with Gasteiger partial charge in [-0.25, -0.2) is 8.42 Å². The molecule has 0 fully saturated rings. The van der Waals surface area contributed by atoms with Gasteiger partial charge in [0.25, 0.3) is 5.91 Å². The highest BCUT2D eigenvalue weighted by atomic mass is 32.2. The van der Waals surface area contributed by atoms with E-state index in [2.05, 4.69) is 5.32 Å². The summed E-state index contributed by atoms with van der Waals surface area (Å²) in [6.07, 6.45) is 1.08. The normalized spacial score (nSPS) is 12.3. The molecule has 0 saturated heterocycles. The number of nitrogens with one attached hydrogen (secondary N) is 1. The van der Waals surface area contributed by atoms with E-state index < -0.39 is 21.8 Å². The van der Waals surface area contributed by atoms with Crippen molar-refractivity contribution >= 4 is 21.7 Å². The zero-order valence-electron chi connectivity index (χ0n) is 15.7. The first-order valence-corrected chi connectivity index (χ1v) is 10.6. The van der Waals surface area contributed by atoms with Gasteiger partial charge in [0.05, 0.1) is 4.90 Å². The maximum Gasteiger partial charge on any atom is 0.252 e. The zero-order valence-corrected chi connectivity index (χ0v) is 16.5. The van der Waals surface area contributed by atoms with Crippen molar-refractivity contribution in [2.24, 2.45) is 0 Å². The summed E-state index contributed by atoms with van der Waals surface area (Å²) < 4.78 is 23.5. The highest BCUT2D eigenvalue weighted by molar-refractivity contribution is 7.90. The minimum Gasteiger partial charge on any atom is -0.341 e. The van der Waals surface area contributed by atoms with Gasteiger partial charge in [0, 0.05) is 24.9 Å². The Morgan fingerprint density at radius 2 is 1.63 bits per heavy atom. The Balaban J connectivity index is 2.35. The molecule has 0 aromatic heterocycles. The van der Waals surface area contributed by atoms with Crippen molar-refractivity contribution in [3.8, 4) is 0 Å². The molecule has 2 aromatic carbocycles. The van der Waals surface area contributed by atoms with E-state index in [9.17, 15) is 18.0 Å². The van der Waals surface area contributed by atoms with Gasteiger partial charge in [-0.1, -0.05) is 36.4 Å². The van der Waals surface area contributed by atoms with Crippen molar-refractivity contribution < 1.29 is 18.0 Å². The summed E-state index contributed by atoms with van der Waals surface area (Å²) >= 11 is 0. The van der Waals surface area contributed by atoms with Crippen LogP contribution in [0.3, 0.4) is 0 Å². The second kappa shape index (κ2) is 8.81. The summed E-state index contributed by atoms with van der Waals surface area (Å²) in [6.45, 7) is 4.80. The number of nitrogens with zero attached hydrogens (tertiary/aromatic N) is 1. The van der Waals surface area contributed by atoms with Crippen LogP contribution in [0, 0.1) is 0 Å². The Morgan fingerprint density at radius 1 is 1.00 bits per heavy atom. The molecule has 0 unspecified atom stereocenters. The van der Waals surface area contributed by atoms with Crippen LogP contribution in [0.2, 0.25) is 0 Å². The van der Waals surface area contributed by atoms with E-state index in [-0.39, 0.29) is 16.4 Å². The fourth-order valence-electron chi connectivity index (χ4n) is 2.73. The Labute approximate surface area is 160 Å². The first kappa shape index (κ1) is 20.6. The van der Waals surface area contributed by atoms with Gasteiger partial charge in [-0.15, -0.1) is 0 Å². The van der Waals surface area contributed by atoms with E-state index in [0.717, 1.165) is 6.26 Å². The molecule has 27 heavy (non-hydrogen) atoms. The summed E-state index contributed by atoms with van der Waals surface area (Å²) in [6, 6.07) is 13.9. The van der Waals surface area contributed by atoms with Crippen molar-refractivity contribution in [2.75, 3.05) is 19.3 Å². The number of carbonyl (C=O) groups excluding carboxylic acids is 2. The SMILES string of the molecule is CCN(CC)C(=O)[C@@H](NC(=O)c1cccc(S(C)(=O)=O)c1)c1ccccc1. The summed E-state index contributed by atoms with van der Waals surface area (Å²) in [7, 11) is -3.43.